The van der Waals surface area contributed by atoms with Crippen LogP contribution in [0.4, 0.5) is 0 Å². The molecule has 27 heavy (non-hydrogen) atoms. The first-order valence-electron chi connectivity index (χ1n) is 7.65. The van der Waals surface area contributed by atoms with Crippen LogP contribution in [0.15, 0.2) is 41.6 Å². The molecule has 0 amide bonds. The van der Waals surface area contributed by atoms with E-state index in [1.165, 1.54) is 6.08 Å². The summed E-state index contributed by atoms with van der Waals surface area (Å²) in [4.78, 5) is 0. The van der Waals surface area contributed by atoms with E-state index in [1.54, 1.807) is 36.4 Å². The Bertz CT molecular complexity index is 767. The zero-order chi connectivity index (χ0) is 20.0. The first kappa shape index (κ1) is 21.8. The quantitative estimate of drug-likeness (QED) is 0.173. The predicted molar refractivity (Wildman–Crippen MR) is 96.9 cm³/mol. The third-order valence-corrected chi connectivity index (χ3v) is 4.86. The molecule has 5 N–H and O–H groups in total. The molecule has 0 spiro atoms. The molecule has 2 rings (SSSR count). The second kappa shape index (κ2) is 9.61. The average molecular weight is 421 g/mol. The van der Waals surface area contributed by atoms with Crippen LogP contribution in [-0.4, -0.2) is 74.9 Å². The molecular formula is C15H19NO9S2. The molecule has 1 aliphatic rings. The second-order valence-electron chi connectivity index (χ2n) is 5.49. The van der Waals surface area contributed by atoms with Gasteiger partial charge >= 0.3 is 10.4 Å². The summed E-state index contributed by atoms with van der Waals surface area (Å²) in [6, 6.07) is 8.87. The van der Waals surface area contributed by atoms with Gasteiger partial charge in [0, 0.05) is 0 Å². The number of nitrogens with zero attached hydrogens (tertiary/aromatic N) is 1. The van der Waals surface area contributed by atoms with E-state index in [-0.39, 0.29) is 5.04 Å². The van der Waals surface area contributed by atoms with Gasteiger partial charge in [0.05, 0.1) is 6.61 Å². The fourth-order valence-electron chi connectivity index (χ4n) is 2.19. The van der Waals surface area contributed by atoms with E-state index in [0.29, 0.717) is 11.8 Å². The largest absolute Gasteiger partial charge is 0.466 e. The molecule has 12 heteroatoms. The second-order valence-corrected chi connectivity index (χ2v) is 7.61. The summed E-state index contributed by atoms with van der Waals surface area (Å²) in [5, 5.41) is 42.0. The van der Waals surface area contributed by atoms with Gasteiger partial charge in [-0.1, -0.05) is 53.3 Å². The molecule has 0 saturated carbocycles. The monoisotopic (exact) mass is 421 g/mol. The topological polar surface area (TPSA) is 166 Å². The fraction of sp³-hybridized carbons (Fsp3) is 0.400. The Labute approximate surface area is 159 Å². The van der Waals surface area contributed by atoms with Crippen molar-refractivity contribution in [1.29, 1.82) is 0 Å². The molecule has 10 nitrogen and oxygen atoms in total. The molecule has 150 valence electrons. The number of rotatable bonds is 6. The van der Waals surface area contributed by atoms with E-state index in [9.17, 15) is 28.8 Å². The highest BCUT2D eigenvalue weighted by molar-refractivity contribution is 8.14. The Hall–Kier alpha value is -1.51. The van der Waals surface area contributed by atoms with Crippen molar-refractivity contribution in [1.82, 2.24) is 0 Å². The Morgan fingerprint density at radius 1 is 1.19 bits per heavy atom. The Balaban J connectivity index is 2.21. The van der Waals surface area contributed by atoms with Crippen molar-refractivity contribution in [3.05, 3.63) is 42.0 Å². The van der Waals surface area contributed by atoms with E-state index in [2.05, 4.69) is 9.44 Å². The number of aliphatic hydroxyl groups is 4. The molecule has 1 aliphatic heterocycles. The van der Waals surface area contributed by atoms with Crippen molar-refractivity contribution in [3.8, 4) is 0 Å². The number of benzene rings is 1. The van der Waals surface area contributed by atoms with Crippen LogP contribution < -0.4 is 0 Å². The van der Waals surface area contributed by atoms with Gasteiger partial charge in [-0.25, -0.2) is 4.28 Å². The number of ether oxygens (including phenoxy) is 1. The summed E-state index contributed by atoms with van der Waals surface area (Å²) < 4.78 is 39.5. The highest BCUT2D eigenvalue weighted by Gasteiger charge is 2.44. The van der Waals surface area contributed by atoms with Gasteiger partial charge in [0.2, 0.25) is 0 Å². The van der Waals surface area contributed by atoms with E-state index < -0.39 is 46.9 Å². The number of oxime groups is 1. The summed E-state index contributed by atoms with van der Waals surface area (Å²) in [6.45, 7) is -0.615. The van der Waals surface area contributed by atoms with Gasteiger partial charge in [0.15, 0.2) is 0 Å². The normalized spacial score (nSPS) is 29.8. The highest BCUT2D eigenvalue weighted by Crippen LogP contribution is 2.30. The SMILES string of the molecule is O=S(=O)(O)O/N=C(/C=C/c1ccccc1)S[C@@H]1O[C@H](CO)[C@@H](O)[C@H](O)[C@H]1O. The van der Waals surface area contributed by atoms with Crippen LogP contribution >= 0.6 is 11.8 Å². The summed E-state index contributed by atoms with van der Waals surface area (Å²) in [5.41, 5.74) is -0.462. The van der Waals surface area contributed by atoms with Gasteiger partial charge in [-0.2, -0.15) is 8.42 Å². The number of aliphatic hydroxyl groups excluding tert-OH is 4. The smallest absolute Gasteiger partial charge is 0.394 e. The van der Waals surface area contributed by atoms with Crippen molar-refractivity contribution in [3.63, 3.8) is 0 Å². The van der Waals surface area contributed by atoms with E-state index in [0.717, 1.165) is 5.56 Å². The third-order valence-electron chi connectivity index (χ3n) is 3.52. The maximum atomic E-state index is 10.8. The Morgan fingerprint density at radius 2 is 1.85 bits per heavy atom. The lowest BCUT2D eigenvalue weighted by Gasteiger charge is -2.39. The zero-order valence-electron chi connectivity index (χ0n) is 13.8. The Morgan fingerprint density at radius 3 is 2.44 bits per heavy atom. The van der Waals surface area contributed by atoms with E-state index in [4.69, 9.17) is 9.29 Å². The molecule has 5 atom stereocenters. The standard InChI is InChI=1S/C15H19NO9S2/c17-8-10-12(18)13(19)14(20)15(24-10)26-11(16-25-27(21,22)23)7-6-9-4-2-1-3-5-9/h1-7,10,12-15,17-20H,8H2,(H,21,22,23)/b7-6+,16-11-/t10-,12-,13+,14-,15+/m1/s1. The molecule has 1 aromatic rings. The summed E-state index contributed by atoms with van der Waals surface area (Å²) in [7, 11) is -4.86. The first-order chi connectivity index (χ1) is 12.7. The van der Waals surface area contributed by atoms with Crippen LogP contribution in [-0.2, 0) is 19.4 Å². The number of hydrogen-bond donors (Lipinski definition) is 5. The summed E-state index contributed by atoms with van der Waals surface area (Å²) in [6.07, 6.45) is -2.93. The Kier molecular flexibility index (Phi) is 7.76. The van der Waals surface area contributed by atoms with Crippen LogP contribution in [0.1, 0.15) is 5.56 Å². The van der Waals surface area contributed by atoms with Gasteiger partial charge in [-0.05, 0) is 11.6 Å². The van der Waals surface area contributed by atoms with Crippen LogP contribution in [0.2, 0.25) is 0 Å². The maximum Gasteiger partial charge on any atom is 0.466 e. The van der Waals surface area contributed by atoms with E-state index >= 15 is 0 Å². The van der Waals surface area contributed by atoms with Crippen molar-refractivity contribution < 1.29 is 42.4 Å². The van der Waals surface area contributed by atoms with Crippen LogP contribution in [0.3, 0.4) is 0 Å². The van der Waals surface area contributed by atoms with Gasteiger partial charge in [0.25, 0.3) is 0 Å². The molecular weight excluding hydrogens is 402 g/mol. The zero-order valence-corrected chi connectivity index (χ0v) is 15.4. The minimum Gasteiger partial charge on any atom is -0.394 e. The molecule has 0 bridgehead atoms. The van der Waals surface area contributed by atoms with Crippen LogP contribution in [0, 0.1) is 0 Å². The molecule has 0 aromatic heterocycles. The minimum atomic E-state index is -4.86. The van der Waals surface area contributed by atoms with Crippen LogP contribution in [0.25, 0.3) is 6.08 Å². The first-order valence-corrected chi connectivity index (χ1v) is 9.90. The molecule has 1 fully saturated rings. The van der Waals surface area contributed by atoms with Gasteiger partial charge in [0.1, 0.15) is 34.9 Å². The lowest BCUT2D eigenvalue weighted by atomic mass is 10.0. The molecule has 1 saturated heterocycles. The van der Waals surface area contributed by atoms with Gasteiger partial charge in [-0.3, -0.25) is 4.55 Å². The highest BCUT2D eigenvalue weighted by atomic mass is 32.3. The lowest BCUT2D eigenvalue weighted by molar-refractivity contribution is -0.205. The summed E-state index contributed by atoms with van der Waals surface area (Å²) in [5.74, 6) is 0. The van der Waals surface area contributed by atoms with Gasteiger partial charge in [-0.15, -0.1) is 0 Å². The molecule has 0 radical (unpaired) electrons. The third kappa shape index (κ3) is 6.55. The molecule has 1 heterocycles. The van der Waals surface area contributed by atoms with Crippen LogP contribution in [0.5, 0.6) is 0 Å². The predicted octanol–water partition coefficient (Wildman–Crippen LogP) is -0.634. The molecule has 0 aliphatic carbocycles. The van der Waals surface area contributed by atoms with Crippen molar-refractivity contribution >= 4 is 33.3 Å². The van der Waals surface area contributed by atoms with E-state index in [1.807, 2.05) is 0 Å². The maximum absolute atomic E-state index is 10.8. The van der Waals surface area contributed by atoms with Crippen molar-refractivity contribution in [2.45, 2.75) is 29.9 Å². The fourth-order valence-corrected chi connectivity index (χ4v) is 3.38. The molecule has 0 unspecified atom stereocenters. The molecule has 1 aromatic carbocycles. The number of thioether (sulfide) groups is 1. The number of hydrogen-bond acceptors (Lipinski definition) is 10. The van der Waals surface area contributed by atoms with Crippen molar-refractivity contribution in [2.24, 2.45) is 5.16 Å². The van der Waals surface area contributed by atoms with Crippen molar-refractivity contribution in [2.75, 3.05) is 6.61 Å². The minimum absolute atomic E-state index is 0.124. The lowest BCUT2D eigenvalue weighted by Crippen LogP contribution is -2.57. The summed E-state index contributed by atoms with van der Waals surface area (Å²) >= 11 is 0.667. The average Bonchev–Trinajstić information content (AvgIpc) is 2.64. The van der Waals surface area contributed by atoms with Gasteiger partial charge < -0.3 is 25.2 Å².